The van der Waals surface area contributed by atoms with Crippen LogP contribution in [0, 0.1) is 0 Å². The third kappa shape index (κ3) is 6.80. The second kappa shape index (κ2) is 10.7. The zero-order valence-corrected chi connectivity index (χ0v) is 19.8. The molecular weight excluding hydrogens is 462 g/mol. The molecule has 1 amide bonds. The Kier molecular flexibility index (Phi) is 7.92. The van der Waals surface area contributed by atoms with E-state index in [4.69, 9.17) is 14.6 Å². The van der Waals surface area contributed by atoms with E-state index in [1.165, 1.54) is 18.3 Å². The number of rotatable bonds is 10. The molecule has 3 rings (SSSR count). The zero-order valence-electron chi connectivity index (χ0n) is 19.0. The molecule has 182 valence electrons. The highest BCUT2D eigenvalue weighted by Crippen LogP contribution is 2.32. The minimum absolute atomic E-state index is 0.0545. The van der Waals surface area contributed by atoms with Gasteiger partial charge in [-0.25, -0.2) is 13.4 Å². The van der Waals surface area contributed by atoms with Gasteiger partial charge in [0.1, 0.15) is 22.9 Å². The van der Waals surface area contributed by atoms with E-state index in [1.54, 1.807) is 30.3 Å². The summed E-state index contributed by atoms with van der Waals surface area (Å²) in [4.78, 5) is 19.2. The molecular formula is C23H27N3O7S. The van der Waals surface area contributed by atoms with E-state index in [0.717, 1.165) is 6.26 Å². The van der Waals surface area contributed by atoms with E-state index in [2.05, 4.69) is 15.3 Å². The smallest absolute Gasteiger partial charge is 0.267 e. The first-order valence-corrected chi connectivity index (χ1v) is 12.4. The molecule has 0 saturated heterocycles. The number of pyridine rings is 1. The zero-order chi connectivity index (χ0) is 24.9. The Bertz CT molecular complexity index is 1240. The summed E-state index contributed by atoms with van der Waals surface area (Å²) in [7, 11) is -3.42. The third-order valence-electron chi connectivity index (χ3n) is 4.53. The minimum Gasteiger partial charge on any atom is -0.491 e. The van der Waals surface area contributed by atoms with Gasteiger partial charge >= 0.3 is 0 Å². The molecule has 2 aromatic heterocycles. The van der Waals surface area contributed by atoms with Crippen molar-refractivity contribution in [2.45, 2.75) is 31.1 Å². The van der Waals surface area contributed by atoms with Crippen molar-refractivity contribution in [1.82, 2.24) is 15.3 Å². The fourth-order valence-corrected chi connectivity index (χ4v) is 3.53. The van der Waals surface area contributed by atoms with Crippen LogP contribution in [0.3, 0.4) is 0 Å². The maximum Gasteiger partial charge on any atom is 0.267 e. The number of ether oxygens (including phenoxy) is 2. The highest BCUT2D eigenvalue weighted by molar-refractivity contribution is 7.90. The number of nitrogens with zero attached hydrogens (tertiary/aromatic N) is 1. The van der Waals surface area contributed by atoms with Gasteiger partial charge in [0.25, 0.3) is 5.91 Å². The standard InChI is InChI=1S/C23H27N3O7S/c1-14(2)32-18-8-15(20-5-6-21(26-20)23(29)25-11-16(28)13-27)9-19(10-18)33-17-4-7-22(24-12-17)34(3,30)31/h4-10,12,14,16,26-28H,11,13H2,1-3H3,(H,25,29)/t16-/m0/s1. The van der Waals surface area contributed by atoms with Crippen LogP contribution in [0.15, 0.2) is 53.7 Å². The van der Waals surface area contributed by atoms with Gasteiger partial charge in [-0.1, -0.05) is 0 Å². The number of nitrogens with one attached hydrogen (secondary N) is 2. The van der Waals surface area contributed by atoms with Crippen LogP contribution >= 0.6 is 0 Å². The Morgan fingerprint density at radius 3 is 2.47 bits per heavy atom. The lowest BCUT2D eigenvalue weighted by Gasteiger charge is -2.14. The molecule has 3 aromatic rings. The van der Waals surface area contributed by atoms with Crippen molar-refractivity contribution in [3.05, 3.63) is 54.4 Å². The lowest BCUT2D eigenvalue weighted by molar-refractivity contribution is 0.0799. The van der Waals surface area contributed by atoms with Crippen LogP contribution in [0.4, 0.5) is 0 Å². The Hall–Kier alpha value is -3.41. The highest BCUT2D eigenvalue weighted by atomic mass is 32.2. The van der Waals surface area contributed by atoms with E-state index in [0.29, 0.717) is 28.5 Å². The molecule has 0 bridgehead atoms. The summed E-state index contributed by atoms with van der Waals surface area (Å²) < 4.78 is 34.9. The summed E-state index contributed by atoms with van der Waals surface area (Å²) in [5, 5.41) is 20.8. The number of aliphatic hydroxyl groups excluding tert-OH is 2. The van der Waals surface area contributed by atoms with Crippen LogP contribution in [0.1, 0.15) is 24.3 Å². The van der Waals surface area contributed by atoms with E-state index >= 15 is 0 Å². The molecule has 10 nitrogen and oxygen atoms in total. The molecule has 34 heavy (non-hydrogen) atoms. The Morgan fingerprint density at radius 2 is 1.85 bits per heavy atom. The van der Waals surface area contributed by atoms with Crippen molar-refractivity contribution in [2.75, 3.05) is 19.4 Å². The van der Waals surface area contributed by atoms with Gasteiger partial charge in [0.15, 0.2) is 14.9 Å². The molecule has 0 aliphatic rings. The molecule has 0 spiro atoms. The first kappa shape index (κ1) is 25.2. The molecule has 11 heteroatoms. The number of aromatic amines is 1. The Balaban J connectivity index is 1.86. The second-order valence-electron chi connectivity index (χ2n) is 7.90. The first-order chi connectivity index (χ1) is 16.0. The fraction of sp³-hybridized carbons (Fsp3) is 0.304. The van der Waals surface area contributed by atoms with Gasteiger partial charge < -0.3 is 30.0 Å². The van der Waals surface area contributed by atoms with Crippen LogP contribution in [-0.4, -0.2) is 66.1 Å². The number of aliphatic hydroxyl groups is 2. The third-order valence-corrected chi connectivity index (χ3v) is 5.53. The van der Waals surface area contributed by atoms with Gasteiger partial charge in [-0.3, -0.25) is 4.79 Å². The number of hydrogen-bond acceptors (Lipinski definition) is 8. The maximum atomic E-state index is 12.3. The molecule has 0 fully saturated rings. The van der Waals surface area contributed by atoms with E-state index in [1.807, 2.05) is 13.8 Å². The fourth-order valence-electron chi connectivity index (χ4n) is 2.98. The highest BCUT2D eigenvalue weighted by Gasteiger charge is 2.14. The summed E-state index contributed by atoms with van der Waals surface area (Å²) in [6.45, 7) is 3.25. The van der Waals surface area contributed by atoms with Gasteiger partial charge in [0.2, 0.25) is 0 Å². The molecule has 0 aliphatic heterocycles. The quantitative estimate of drug-likeness (QED) is 0.338. The van der Waals surface area contributed by atoms with Crippen LogP contribution in [0.25, 0.3) is 11.3 Å². The average molecular weight is 490 g/mol. The van der Waals surface area contributed by atoms with Gasteiger partial charge in [-0.15, -0.1) is 0 Å². The molecule has 0 radical (unpaired) electrons. The van der Waals surface area contributed by atoms with Crippen LogP contribution < -0.4 is 14.8 Å². The lowest BCUT2D eigenvalue weighted by Crippen LogP contribution is -2.34. The van der Waals surface area contributed by atoms with Crippen molar-refractivity contribution in [2.24, 2.45) is 0 Å². The predicted molar refractivity (Wildman–Crippen MR) is 125 cm³/mol. The Labute approximate surface area is 197 Å². The van der Waals surface area contributed by atoms with Crippen LogP contribution in [-0.2, 0) is 9.84 Å². The predicted octanol–water partition coefficient (Wildman–Crippen LogP) is 2.14. The number of carbonyl (C=O) groups excluding carboxylic acids is 1. The number of carbonyl (C=O) groups is 1. The van der Waals surface area contributed by atoms with Crippen molar-refractivity contribution < 1.29 is 32.9 Å². The van der Waals surface area contributed by atoms with E-state index in [9.17, 15) is 18.3 Å². The monoisotopic (exact) mass is 489 g/mol. The summed E-state index contributed by atoms with van der Waals surface area (Å²) in [5.41, 5.74) is 1.58. The number of hydrogen-bond donors (Lipinski definition) is 4. The molecule has 2 heterocycles. The normalized spacial score (nSPS) is 12.4. The summed E-state index contributed by atoms with van der Waals surface area (Å²) in [6, 6.07) is 11.4. The number of amides is 1. The molecule has 1 atom stereocenters. The Morgan fingerprint density at radius 1 is 1.12 bits per heavy atom. The number of aromatic nitrogens is 2. The topological polar surface area (TPSA) is 151 Å². The summed E-state index contributed by atoms with van der Waals surface area (Å²) in [6.07, 6.45) is 1.27. The van der Waals surface area contributed by atoms with E-state index in [-0.39, 0.29) is 23.4 Å². The molecule has 0 unspecified atom stereocenters. The average Bonchev–Trinajstić information content (AvgIpc) is 3.27. The van der Waals surface area contributed by atoms with Crippen molar-refractivity contribution >= 4 is 15.7 Å². The first-order valence-electron chi connectivity index (χ1n) is 10.5. The van der Waals surface area contributed by atoms with Gasteiger partial charge in [-0.05, 0) is 50.2 Å². The summed E-state index contributed by atoms with van der Waals surface area (Å²) >= 11 is 0. The van der Waals surface area contributed by atoms with Gasteiger partial charge in [0.05, 0.1) is 25.0 Å². The largest absolute Gasteiger partial charge is 0.491 e. The van der Waals surface area contributed by atoms with Crippen molar-refractivity contribution in [1.29, 1.82) is 0 Å². The molecule has 0 aliphatic carbocycles. The van der Waals surface area contributed by atoms with Crippen molar-refractivity contribution in [3.8, 4) is 28.5 Å². The molecule has 4 N–H and O–H groups in total. The van der Waals surface area contributed by atoms with Crippen LogP contribution in [0.2, 0.25) is 0 Å². The van der Waals surface area contributed by atoms with Gasteiger partial charge in [0, 0.05) is 30.1 Å². The lowest BCUT2D eigenvalue weighted by atomic mass is 10.1. The number of benzene rings is 1. The number of H-pyrrole nitrogens is 1. The maximum absolute atomic E-state index is 12.3. The van der Waals surface area contributed by atoms with Crippen LogP contribution in [0.5, 0.6) is 17.2 Å². The van der Waals surface area contributed by atoms with Crippen molar-refractivity contribution in [3.63, 3.8) is 0 Å². The SMILES string of the molecule is CC(C)Oc1cc(Oc2ccc(S(C)(=O)=O)nc2)cc(-c2ccc(C(=O)NC[C@H](O)CO)[nH]2)c1. The molecule has 0 saturated carbocycles. The minimum atomic E-state index is -3.42. The summed E-state index contributed by atoms with van der Waals surface area (Å²) in [5.74, 6) is 0.875. The second-order valence-corrected chi connectivity index (χ2v) is 9.86. The molecule has 1 aromatic carbocycles. The number of sulfone groups is 1. The van der Waals surface area contributed by atoms with Gasteiger partial charge in [-0.2, -0.15) is 0 Å². The van der Waals surface area contributed by atoms with E-state index < -0.39 is 28.5 Å².